The van der Waals surface area contributed by atoms with Crippen LogP contribution in [0, 0.1) is 0 Å². The molecule has 0 amide bonds. The maximum atomic E-state index is 12.8. The third-order valence-corrected chi connectivity index (χ3v) is 6.56. The van der Waals surface area contributed by atoms with Gasteiger partial charge in [-0.3, -0.25) is 4.90 Å². The van der Waals surface area contributed by atoms with Crippen LogP contribution in [0.3, 0.4) is 0 Å². The molecule has 1 aromatic carbocycles. The molecule has 2 fully saturated rings. The first kappa shape index (κ1) is 15.1. The Labute approximate surface area is 130 Å². The van der Waals surface area contributed by atoms with E-state index < -0.39 is 10.0 Å². The van der Waals surface area contributed by atoms with Crippen molar-refractivity contribution in [1.29, 1.82) is 0 Å². The molecule has 2 aliphatic rings. The molecule has 1 atom stereocenters. The molecule has 2 N–H and O–H groups in total. The molecular weight excluding hydrogens is 310 g/mol. The van der Waals surface area contributed by atoms with Gasteiger partial charge >= 0.3 is 0 Å². The Morgan fingerprint density at radius 1 is 1.19 bits per heavy atom. The number of hydrogen-bond acceptors (Lipinski definition) is 4. The predicted octanol–water partition coefficient (Wildman–Crippen LogP) is 1.78. The Balaban J connectivity index is 1.88. The molecule has 2 aliphatic heterocycles. The van der Waals surface area contributed by atoms with E-state index in [-0.39, 0.29) is 9.92 Å². The molecule has 3 rings (SSSR count). The summed E-state index contributed by atoms with van der Waals surface area (Å²) in [5, 5.41) is 0.286. The maximum Gasteiger partial charge on any atom is 0.243 e. The topological polar surface area (TPSA) is 66.6 Å². The monoisotopic (exact) mass is 329 g/mol. The van der Waals surface area contributed by atoms with Gasteiger partial charge in [-0.1, -0.05) is 11.6 Å². The number of anilines is 1. The first-order valence-corrected chi connectivity index (χ1v) is 9.09. The standard InChI is InChI=1S/C14H20ClN3O2S/c15-13-9-12(4-5-14(13)16)21(19,20)18-8-2-7-17-6-1-3-11(17)10-18/h4-5,9,11H,1-3,6-8,10,16H2. The van der Waals surface area contributed by atoms with E-state index in [9.17, 15) is 8.42 Å². The smallest absolute Gasteiger partial charge is 0.243 e. The number of nitrogens with two attached hydrogens (primary N) is 1. The average molecular weight is 330 g/mol. The van der Waals surface area contributed by atoms with Crippen molar-refractivity contribution in [3.05, 3.63) is 23.2 Å². The molecule has 0 bridgehead atoms. The second-order valence-corrected chi connectivity index (χ2v) is 8.08. The van der Waals surface area contributed by atoms with Crippen molar-refractivity contribution in [3.63, 3.8) is 0 Å². The molecule has 116 valence electrons. The fourth-order valence-corrected chi connectivity index (χ4v) is 5.00. The molecule has 5 nitrogen and oxygen atoms in total. The van der Waals surface area contributed by atoms with Crippen molar-refractivity contribution >= 4 is 27.3 Å². The molecule has 0 aliphatic carbocycles. The van der Waals surface area contributed by atoms with E-state index in [1.807, 2.05) is 0 Å². The summed E-state index contributed by atoms with van der Waals surface area (Å²) in [5.74, 6) is 0. The minimum atomic E-state index is -3.50. The van der Waals surface area contributed by atoms with E-state index in [0.29, 0.717) is 24.8 Å². The van der Waals surface area contributed by atoms with Crippen LogP contribution in [0.5, 0.6) is 0 Å². The molecule has 2 heterocycles. The lowest BCUT2D eigenvalue weighted by Crippen LogP contribution is -2.39. The van der Waals surface area contributed by atoms with Gasteiger partial charge in [0.15, 0.2) is 0 Å². The van der Waals surface area contributed by atoms with Crippen molar-refractivity contribution in [3.8, 4) is 0 Å². The molecule has 0 saturated carbocycles. The summed E-state index contributed by atoms with van der Waals surface area (Å²) < 4.78 is 27.2. The number of sulfonamides is 1. The average Bonchev–Trinajstić information content (AvgIpc) is 2.78. The Morgan fingerprint density at radius 3 is 2.71 bits per heavy atom. The van der Waals surface area contributed by atoms with Crippen LogP contribution in [0.25, 0.3) is 0 Å². The van der Waals surface area contributed by atoms with Crippen LogP contribution in [-0.2, 0) is 10.0 Å². The summed E-state index contributed by atoms with van der Waals surface area (Å²) in [6.45, 7) is 3.22. The summed E-state index contributed by atoms with van der Waals surface area (Å²) >= 11 is 5.96. The van der Waals surface area contributed by atoms with E-state index in [4.69, 9.17) is 17.3 Å². The van der Waals surface area contributed by atoms with Crippen molar-refractivity contribution in [2.24, 2.45) is 0 Å². The molecule has 1 unspecified atom stereocenters. The molecule has 21 heavy (non-hydrogen) atoms. The summed E-state index contributed by atoms with van der Waals surface area (Å²) in [5.41, 5.74) is 6.06. The van der Waals surface area contributed by atoms with E-state index in [0.717, 1.165) is 32.4 Å². The number of halogens is 1. The number of fused-ring (bicyclic) bond motifs is 1. The van der Waals surface area contributed by atoms with E-state index >= 15 is 0 Å². The lowest BCUT2D eigenvalue weighted by atomic mass is 10.2. The van der Waals surface area contributed by atoms with Crippen LogP contribution in [0.2, 0.25) is 5.02 Å². The first-order valence-electron chi connectivity index (χ1n) is 7.28. The highest BCUT2D eigenvalue weighted by Crippen LogP contribution is 2.28. The minimum absolute atomic E-state index is 0.230. The second-order valence-electron chi connectivity index (χ2n) is 5.73. The van der Waals surface area contributed by atoms with Crippen LogP contribution < -0.4 is 5.73 Å². The van der Waals surface area contributed by atoms with Gasteiger partial charge in [0.05, 0.1) is 15.6 Å². The van der Waals surface area contributed by atoms with Crippen molar-refractivity contribution < 1.29 is 8.42 Å². The van der Waals surface area contributed by atoms with Crippen LogP contribution in [-0.4, -0.2) is 49.8 Å². The van der Waals surface area contributed by atoms with E-state index in [1.165, 1.54) is 12.1 Å². The second kappa shape index (κ2) is 5.76. The van der Waals surface area contributed by atoms with Gasteiger partial charge in [0.2, 0.25) is 10.0 Å². The molecule has 0 spiro atoms. The highest BCUT2D eigenvalue weighted by molar-refractivity contribution is 7.89. The van der Waals surface area contributed by atoms with E-state index in [1.54, 1.807) is 10.4 Å². The zero-order valence-corrected chi connectivity index (χ0v) is 13.4. The van der Waals surface area contributed by atoms with Crippen molar-refractivity contribution in [2.75, 3.05) is 31.9 Å². The maximum absolute atomic E-state index is 12.8. The number of nitrogens with zero attached hydrogens (tertiary/aromatic N) is 2. The summed E-state index contributed by atoms with van der Waals surface area (Å²) in [4.78, 5) is 2.64. The number of benzene rings is 1. The van der Waals surface area contributed by atoms with Crippen molar-refractivity contribution in [2.45, 2.75) is 30.2 Å². The molecule has 0 radical (unpaired) electrons. The molecule has 0 aromatic heterocycles. The van der Waals surface area contributed by atoms with E-state index in [2.05, 4.69) is 4.90 Å². The Hall–Kier alpha value is -0.820. The highest BCUT2D eigenvalue weighted by atomic mass is 35.5. The lowest BCUT2D eigenvalue weighted by Gasteiger charge is -2.25. The normalized spacial score (nSPS) is 24.7. The van der Waals surface area contributed by atoms with Gasteiger partial charge in [-0.15, -0.1) is 0 Å². The highest BCUT2D eigenvalue weighted by Gasteiger charge is 2.34. The molecule has 7 heteroatoms. The van der Waals surface area contributed by atoms with Gasteiger partial charge in [-0.05, 0) is 50.6 Å². The molecular formula is C14H20ClN3O2S. The third kappa shape index (κ3) is 2.90. The number of rotatable bonds is 2. The quantitative estimate of drug-likeness (QED) is 0.840. The van der Waals surface area contributed by atoms with Gasteiger partial charge in [0, 0.05) is 19.1 Å². The van der Waals surface area contributed by atoms with Crippen LogP contribution in [0.1, 0.15) is 19.3 Å². The van der Waals surface area contributed by atoms with Crippen LogP contribution >= 0.6 is 11.6 Å². The first-order chi connectivity index (χ1) is 9.98. The third-order valence-electron chi connectivity index (χ3n) is 4.38. The minimum Gasteiger partial charge on any atom is -0.398 e. The largest absolute Gasteiger partial charge is 0.398 e. The summed E-state index contributed by atoms with van der Waals surface area (Å²) in [7, 11) is -3.50. The Bertz CT molecular complexity index is 635. The molecule has 1 aromatic rings. The van der Waals surface area contributed by atoms with Gasteiger partial charge in [-0.25, -0.2) is 8.42 Å². The van der Waals surface area contributed by atoms with Gasteiger partial charge in [0.1, 0.15) is 0 Å². The van der Waals surface area contributed by atoms with Crippen LogP contribution in [0.15, 0.2) is 23.1 Å². The number of nitrogen functional groups attached to an aromatic ring is 1. The summed E-state index contributed by atoms with van der Waals surface area (Å²) in [6.07, 6.45) is 3.11. The predicted molar refractivity (Wildman–Crippen MR) is 83.8 cm³/mol. The fourth-order valence-electron chi connectivity index (χ4n) is 3.21. The SMILES string of the molecule is Nc1ccc(S(=O)(=O)N2CCCN3CCCC3C2)cc1Cl. The van der Waals surface area contributed by atoms with Crippen LogP contribution in [0.4, 0.5) is 5.69 Å². The fraction of sp³-hybridized carbons (Fsp3) is 0.571. The molecule has 2 saturated heterocycles. The Kier molecular flexibility index (Phi) is 4.14. The van der Waals surface area contributed by atoms with Crippen molar-refractivity contribution in [1.82, 2.24) is 9.21 Å². The zero-order chi connectivity index (χ0) is 15.0. The van der Waals surface area contributed by atoms with Gasteiger partial charge in [0.25, 0.3) is 0 Å². The zero-order valence-electron chi connectivity index (χ0n) is 11.8. The summed E-state index contributed by atoms with van der Waals surface area (Å²) in [6, 6.07) is 4.89. The van der Waals surface area contributed by atoms with Gasteiger partial charge in [-0.2, -0.15) is 4.31 Å². The Morgan fingerprint density at radius 2 is 1.95 bits per heavy atom. The number of hydrogen-bond donors (Lipinski definition) is 1. The van der Waals surface area contributed by atoms with Gasteiger partial charge < -0.3 is 5.73 Å². The lowest BCUT2D eigenvalue weighted by molar-refractivity contribution is 0.257.